The van der Waals surface area contributed by atoms with Gasteiger partial charge in [0, 0.05) is 17.6 Å². The average molecular weight is 332 g/mol. The van der Waals surface area contributed by atoms with Crippen LogP contribution in [-0.4, -0.2) is 25.7 Å². The van der Waals surface area contributed by atoms with Crippen molar-refractivity contribution in [1.29, 1.82) is 0 Å². The molecular weight excluding hydrogens is 313 g/mol. The van der Waals surface area contributed by atoms with Gasteiger partial charge in [-0.2, -0.15) is 0 Å². The van der Waals surface area contributed by atoms with Gasteiger partial charge in [0.25, 0.3) is 5.91 Å². The van der Waals surface area contributed by atoms with Crippen LogP contribution in [0, 0.1) is 11.7 Å². The summed E-state index contributed by atoms with van der Waals surface area (Å²) in [6.45, 7) is 5.75. The van der Waals surface area contributed by atoms with Crippen molar-refractivity contribution >= 4 is 21.8 Å². The Labute approximate surface area is 121 Å². The molecule has 19 heavy (non-hydrogen) atoms. The minimum Gasteiger partial charge on any atom is -0.380 e. The first-order chi connectivity index (χ1) is 9.00. The monoisotopic (exact) mass is 331 g/mol. The van der Waals surface area contributed by atoms with E-state index in [0.717, 1.165) is 6.42 Å². The van der Waals surface area contributed by atoms with Gasteiger partial charge in [-0.1, -0.05) is 29.8 Å². The lowest BCUT2D eigenvalue weighted by Gasteiger charge is -2.08. The highest BCUT2D eigenvalue weighted by Crippen LogP contribution is 2.15. The Morgan fingerprint density at radius 2 is 2.16 bits per heavy atom. The quantitative estimate of drug-likeness (QED) is 0.778. The summed E-state index contributed by atoms with van der Waals surface area (Å²) in [5.74, 6) is -0.349. The number of carbonyl (C=O) groups is 1. The molecule has 0 heterocycles. The largest absolute Gasteiger partial charge is 0.380 e. The molecule has 0 saturated carbocycles. The first-order valence-electron chi connectivity index (χ1n) is 6.31. The third-order valence-corrected chi connectivity index (χ3v) is 3.04. The van der Waals surface area contributed by atoms with Gasteiger partial charge < -0.3 is 10.1 Å². The number of carbonyl (C=O) groups excluding carboxylic acids is 1. The van der Waals surface area contributed by atoms with Gasteiger partial charge in [0.1, 0.15) is 5.82 Å². The maximum atomic E-state index is 13.4. The SMILES string of the molecule is CC(C)CCOCCNC(=O)c1cc(Br)ccc1F. The van der Waals surface area contributed by atoms with Crippen molar-refractivity contribution in [1.82, 2.24) is 5.32 Å². The number of nitrogens with one attached hydrogen (secondary N) is 1. The van der Waals surface area contributed by atoms with Crippen LogP contribution in [0.1, 0.15) is 30.6 Å². The Bertz CT molecular complexity index is 424. The molecule has 0 bridgehead atoms. The van der Waals surface area contributed by atoms with Crippen LogP contribution in [0.25, 0.3) is 0 Å². The van der Waals surface area contributed by atoms with E-state index >= 15 is 0 Å². The van der Waals surface area contributed by atoms with E-state index in [1.165, 1.54) is 12.1 Å². The minimum atomic E-state index is -0.526. The minimum absolute atomic E-state index is 0.0385. The molecule has 0 aliphatic rings. The van der Waals surface area contributed by atoms with E-state index < -0.39 is 11.7 Å². The fourth-order valence-electron chi connectivity index (χ4n) is 1.42. The molecule has 0 aromatic heterocycles. The standard InChI is InChI=1S/C14H19BrFNO2/c1-10(2)5-7-19-8-6-17-14(18)12-9-11(15)3-4-13(12)16/h3-4,9-10H,5-8H2,1-2H3,(H,17,18). The van der Waals surface area contributed by atoms with Gasteiger partial charge in [-0.05, 0) is 30.5 Å². The lowest BCUT2D eigenvalue weighted by Crippen LogP contribution is -2.28. The number of halogens is 2. The summed E-state index contributed by atoms with van der Waals surface area (Å²) in [6, 6.07) is 4.28. The highest BCUT2D eigenvalue weighted by atomic mass is 79.9. The summed E-state index contributed by atoms with van der Waals surface area (Å²) < 4.78 is 19.5. The van der Waals surface area contributed by atoms with E-state index in [0.29, 0.717) is 30.1 Å². The van der Waals surface area contributed by atoms with Gasteiger partial charge in [0.15, 0.2) is 0 Å². The summed E-state index contributed by atoms with van der Waals surface area (Å²) in [4.78, 5) is 11.7. The van der Waals surface area contributed by atoms with E-state index in [1.54, 1.807) is 6.07 Å². The number of hydrogen-bond donors (Lipinski definition) is 1. The third kappa shape index (κ3) is 6.16. The molecule has 0 fully saturated rings. The molecule has 0 radical (unpaired) electrons. The third-order valence-electron chi connectivity index (χ3n) is 2.54. The van der Waals surface area contributed by atoms with Crippen molar-refractivity contribution < 1.29 is 13.9 Å². The smallest absolute Gasteiger partial charge is 0.254 e. The van der Waals surface area contributed by atoms with Crippen molar-refractivity contribution in [3.8, 4) is 0 Å². The molecule has 0 unspecified atom stereocenters. The van der Waals surface area contributed by atoms with Gasteiger partial charge in [-0.25, -0.2) is 4.39 Å². The molecule has 106 valence electrons. The van der Waals surface area contributed by atoms with Crippen LogP contribution in [0.4, 0.5) is 4.39 Å². The predicted molar refractivity (Wildman–Crippen MR) is 76.7 cm³/mol. The zero-order chi connectivity index (χ0) is 14.3. The van der Waals surface area contributed by atoms with Crippen LogP contribution >= 0.6 is 15.9 Å². The second kappa shape index (κ2) is 8.27. The van der Waals surface area contributed by atoms with Crippen LogP contribution in [0.2, 0.25) is 0 Å². The summed E-state index contributed by atoms with van der Waals surface area (Å²) >= 11 is 3.21. The second-order valence-corrected chi connectivity index (χ2v) is 5.59. The van der Waals surface area contributed by atoms with E-state index in [-0.39, 0.29) is 5.56 Å². The molecule has 0 atom stereocenters. The van der Waals surface area contributed by atoms with Crippen molar-refractivity contribution in [2.24, 2.45) is 5.92 Å². The van der Waals surface area contributed by atoms with Crippen molar-refractivity contribution in [2.45, 2.75) is 20.3 Å². The molecule has 3 nitrogen and oxygen atoms in total. The average Bonchev–Trinajstić information content (AvgIpc) is 2.36. The highest BCUT2D eigenvalue weighted by Gasteiger charge is 2.11. The summed E-state index contributed by atoms with van der Waals surface area (Å²) in [7, 11) is 0. The number of benzene rings is 1. The Morgan fingerprint density at radius 1 is 1.42 bits per heavy atom. The fourth-order valence-corrected chi connectivity index (χ4v) is 1.79. The molecule has 1 amide bonds. The molecule has 1 rings (SSSR count). The summed E-state index contributed by atoms with van der Waals surface area (Å²) in [5, 5.41) is 2.63. The number of hydrogen-bond acceptors (Lipinski definition) is 2. The Morgan fingerprint density at radius 3 is 2.84 bits per heavy atom. The first kappa shape index (κ1) is 16.1. The van der Waals surface area contributed by atoms with E-state index in [9.17, 15) is 9.18 Å². The molecule has 1 N–H and O–H groups in total. The lowest BCUT2D eigenvalue weighted by molar-refractivity contribution is 0.0902. The molecule has 0 spiro atoms. The highest BCUT2D eigenvalue weighted by molar-refractivity contribution is 9.10. The normalized spacial score (nSPS) is 10.8. The Kier molecular flexibility index (Phi) is 7.02. The molecule has 5 heteroatoms. The van der Waals surface area contributed by atoms with E-state index in [1.807, 2.05) is 0 Å². The Hall–Kier alpha value is -0.940. The topological polar surface area (TPSA) is 38.3 Å². The van der Waals surface area contributed by atoms with Crippen molar-refractivity contribution in [3.05, 3.63) is 34.1 Å². The van der Waals surface area contributed by atoms with Gasteiger partial charge in [-0.15, -0.1) is 0 Å². The maximum Gasteiger partial charge on any atom is 0.254 e. The number of rotatable bonds is 7. The number of ether oxygens (including phenoxy) is 1. The molecule has 1 aromatic carbocycles. The summed E-state index contributed by atoms with van der Waals surface area (Å²) in [6.07, 6.45) is 0.994. The lowest BCUT2D eigenvalue weighted by atomic mass is 10.1. The van der Waals surface area contributed by atoms with Crippen LogP contribution in [0.15, 0.2) is 22.7 Å². The molecule has 0 saturated heterocycles. The van der Waals surface area contributed by atoms with E-state index in [4.69, 9.17) is 4.74 Å². The molecule has 0 aliphatic carbocycles. The van der Waals surface area contributed by atoms with Gasteiger partial charge in [0.05, 0.1) is 12.2 Å². The van der Waals surface area contributed by atoms with Gasteiger partial charge in [0.2, 0.25) is 0 Å². The van der Waals surface area contributed by atoms with Gasteiger partial charge in [-0.3, -0.25) is 4.79 Å². The van der Waals surface area contributed by atoms with Crippen molar-refractivity contribution in [2.75, 3.05) is 19.8 Å². The zero-order valence-corrected chi connectivity index (χ0v) is 12.8. The molecule has 0 aliphatic heterocycles. The zero-order valence-electron chi connectivity index (χ0n) is 11.2. The number of amides is 1. The van der Waals surface area contributed by atoms with Crippen molar-refractivity contribution in [3.63, 3.8) is 0 Å². The van der Waals surface area contributed by atoms with Crippen LogP contribution < -0.4 is 5.32 Å². The van der Waals surface area contributed by atoms with Gasteiger partial charge >= 0.3 is 0 Å². The van der Waals surface area contributed by atoms with Crippen LogP contribution in [-0.2, 0) is 4.74 Å². The molecular formula is C14H19BrFNO2. The Balaban J connectivity index is 2.29. The first-order valence-corrected chi connectivity index (χ1v) is 7.11. The van der Waals surface area contributed by atoms with E-state index in [2.05, 4.69) is 35.1 Å². The maximum absolute atomic E-state index is 13.4. The predicted octanol–water partition coefficient (Wildman–Crippen LogP) is 3.38. The second-order valence-electron chi connectivity index (χ2n) is 4.67. The molecule has 1 aromatic rings. The fraction of sp³-hybridized carbons (Fsp3) is 0.500. The van der Waals surface area contributed by atoms with Crippen LogP contribution in [0.3, 0.4) is 0 Å². The van der Waals surface area contributed by atoms with Crippen LogP contribution in [0.5, 0.6) is 0 Å². The summed E-state index contributed by atoms with van der Waals surface area (Å²) in [5.41, 5.74) is 0.0385.